The molecule has 4 aromatic carbocycles. The van der Waals surface area contributed by atoms with Crippen LogP contribution in [-0.4, -0.2) is 16.2 Å². The summed E-state index contributed by atoms with van der Waals surface area (Å²) in [5, 5.41) is 12.4. The van der Waals surface area contributed by atoms with Crippen LogP contribution in [0.15, 0.2) is 95.9 Å². The van der Waals surface area contributed by atoms with Gasteiger partial charge in [-0.05, 0) is 55.0 Å². The molecule has 1 atom stereocenters. The summed E-state index contributed by atoms with van der Waals surface area (Å²) in [7, 11) is 0. The summed E-state index contributed by atoms with van der Waals surface area (Å²) in [6, 6.07) is 27.6. The van der Waals surface area contributed by atoms with Gasteiger partial charge in [-0.3, -0.25) is 4.79 Å². The highest BCUT2D eigenvalue weighted by Crippen LogP contribution is 2.37. The number of nitrogens with zero attached hydrogens (tertiary/aromatic N) is 1. The fraction of sp³-hybridized carbons (Fsp3) is 0.103. The molecule has 0 spiro atoms. The standard InChI is InChI=1S/C29H23FN2O3S/c1-2-36(34)25-13-10-20(11-14-25)16-29(33)32-23-12-15-27(26-9-4-3-6-21(26)19-31)28(18-23)35-24-8-5-7-22(30)17-24/h3-15,17-18,34H,2,16H2,1H3/p+1. The fourth-order valence-electron chi connectivity index (χ4n) is 3.70. The van der Waals surface area contributed by atoms with Gasteiger partial charge in [0.1, 0.15) is 23.1 Å². The van der Waals surface area contributed by atoms with E-state index in [4.69, 9.17) is 4.74 Å². The van der Waals surface area contributed by atoms with E-state index in [1.165, 1.54) is 12.1 Å². The number of ether oxygens (including phenoxy) is 1. The minimum Gasteiger partial charge on any atom is -0.457 e. The minimum atomic E-state index is -0.793. The Hall–Kier alpha value is -4.12. The van der Waals surface area contributed by atoms with Gasteiger partial charge in [-0.25, -0.2) is 4.39 Å². The van der Waals surface area contributed by atoms with Crippen molar-refractivity contribution < 1.29 is 18.5 Å². The lowest BCUT2D eigenvalue weighted by atomic mass is 9.99. The van der Waals surface area contributed by atoms with Gasteiger partial charge in [0.25, 0.3) is 0 Å². The first-order valence-corrected chi connectivity index (χ1v) is 12.7. The molecule has 36 heavy (non-hydrogen) atoms. The van der Waals surface area contributed by atoms with Gasteiger partial charge in [0.05, 0.1) is 18.1 Å². The Morgan fingerprint density at radius 2 is 1.78 bits per heavy atom. The average Bonchev–Trinajstić information content (AvgIpc) is 2.89. The van der Waals surface area contributed by atoms with Gasteiger partial charge < -0.3 is 10.1 Å². The number of benzene rings is 4. The van der Waals surface area contributed by atoms with Crippen molar-refractivity contribution in [3.05, 3.63) is 108 Å². The lowest BCUT2D eigenvalue weighted by Gasteiger charge is -2.15. The number of carbonyl (C=O) groups excluding carboxylic acids is 1. The molecule has 4 rings (SSSR count). The number of carbonyl (C=O) groups is 1. The third-order valence-corrected chi connectivity index (χ3v) is 6.82. The van der Waals surface area contributed by atoms with E-state index in [0.29, 0.717) is 39.6 Å². The van der Waals surface area contributed by atoms with Crippen LogP contribution in [0.25, 0.3) is 11.1 Å². The second-order valence-corrected chi connectivity index (χ2v) is 9.73. The molecule has 4 aromatic rings. The molecular weight excluding hydrogens is 475 g/mol. The number of rotatable bonds is 8. The second kappa shape index (κ2) is 11.5. The number of nitriles is 1. The van der Waals surface area contributed by atoms with E-state index in [1.54, 1.807) is 42.5 Å². The summed E-state index contributed by atoms with van der Waals surface area (Å²) in [6.45, 7) is 1.92. The third kappa shape index (κ3) is 6.11. The monoisotopic (exact) mass is 499 g/mol. The maximum absolute atomic E-state index is 13.8. The average molecular weight is 500 g/mol. The number of amides is 1. The van der Waals surface area contributed by atoms with Crippen molar-refractivity contribution in [3.8, 4) is 28.7 Å². The van der Waals surface area contributed by atoms with Crippen LogP contribution in [-0.2, 0) is 22.4 Å². The van der Waals surface area contributed by atoms with Gasteiger partial charge in [0.15, 0.2) is 16.1 Å². The van der Waals surface area contributed by atoms with Gasteiger partial charge in [-0.1, -0.05) is 36.4 Å². The SMILES string of the molecule is CC[S+](O)c1ccc(CC(=O)Nc2ccc(-c3ccccc3C#N)c(Oc3cccc(F)c3)c2)cc1. The van der Waals surface area contributed by atoms with Crippen molar-refractivity contribution in [1.82, 2.24) is 0 Å². The highest BCUT2D eigenvalue weighted by Gasteiger charge is 2.17. The zero-order valence-electron chi connectivity index (χ0n) is 19.6. The molecule has 0 aliphatic rings. The van der Waals surface area contributed by atoms with Gasteiger partial charge in [-0.2, -0.15) is 9.81 Å². The Labute approximate surface area is 212 Å². The quantitative estimate of drug-likeness (QED) is 0.261. The Morgan fingerprint density at radius 1 is 1.00 bits per heavy atom. The van der Waals surface area contributed by atoms with Crippen LogP contribution in [0.3, 0.4) is 0 Å². The zero-order chi connectivity index (χ0) is 25.5. The largest absolute Gasteiger partial charge is 0.457 e. The van der Waals surface area contributed by atoms with Crippen LogP contribution in [0, 0.1) is 17.1 Å². The minimum absolute atomic E-state index is 0.157. The van der Waals surface area contributed by atoms with Gasteiger partial charge in [0, 0.05) is 28.9 Å². The van der Waals surface area contributed by atoms with Crippen LogP contribution >= 0.6 is 0 Å². The first kappa shape index (κ1) is 25.0. The lowest BCUT2D eigenvalue weighted by Crippen LogP contribution is -2.14. The predicted molar refractivity (Wildman–Crippen MR) is 141 cm³/mol. The smallest absolute Gasteiger partial charge is 0.228 e. The highest BCUT2D eigenvalue weighted by atomic mass is 32.2. The molecule has 0 saturated heterocycles. The van der Waals surface area contributed by atoms with Crippen molar-refractivity contribution in [2.75, 3.05) is 11.1 Å². The number of anilines is 1. The van der Waals surface area contributed by atoms with Crippen LogP contribution in [0.5, 0.6) is 11.5 Å². The Bertz CT molecular complexity index is 1420. The molecule has 7 heteroatoms. The van der Waals surface area contributed by atoms with Gasteiger partial charge in [0.2, 0.25) is 5.91 Å². The Balaban J connectivity index is 1.59. The molecule has 0 saturated carbocycles. The lowest BCUT2D eigenvalue weighted by molar-refractivity contribution is -0.115. The van der Waals surface area contributed by atoms with E-state index in [9.17, 15) is 19.0 Å². The van der Waals surface area contributed by atoms with E-state index in [2.05, 4.69) is 11.4 Å². The normalized spacial score (nSPS) is 11.4. The predicted octanol–water partition coefficient (Wildman–Crippen LogP) is 6.81. The molecule has 0 bridgehead atoms. The first-order valence-electron chi connectivity index (χ1n) is 11.3. The zero-order valence-corrected chi connectivity index (χ0v) is 20.4. The molecule has 2 N–H and O–H groups in total. The summed E-state index contributed by atoms with van der Waals surface area (Å²) >= 11 is -0.793. The van der Waals surface area contributed by atoms with Crippen molar-refractivity contribution in [2.24, 2.45) is 0 Å². The number of hydrogen-bond donors (Lipinski definition) is 2. The first-order chi connectivity index (χ1) is 17.5. The molecular formula is C29H24FN2O3S+. The Morgan fingerprint density at radius 3 is 2.50 bits per heavy atom. The maximum Gasteiger partial charge on any atom is 0.228 e. The molecule has 0 aliphatic heterocycles. The molecule has 0 aliphatic carbocycles. The topological polar surface area (TPSA) is 82.4 Å². The van der Waals surface area contributed by atoms with E-state index < -0.39 is 17.0 Å². The molecule has 1 unspecified atom stereocenters. The van der Waals surface area contributed by atoms with Gasteiger partial charge >= 0.3 is 0 Å². The maximum atomic E-state index is 13.8. The summed E-state index contributed by atoms with van der Waals surface area (Å²) in [5.41, 5.74) is 3.10. The molecule has 0 radical (unpaired) electrons. The molecule has 180 valence electrons. The number of hydrogen-bond acceptors (Lipinski definition) is 4. The van der Waals surface area contributed by atoms with Crippen molar-refractivity contribution in [1.29, 1.82) is 5.26 Å². The fourth-order valence-corrected chi connectivity index (χ4v) is 4.49. The second-order valence-electron chi connectivity index (χ2n) is 7.95. The summed E-state index contributed by atoms with van der Waals surface area (Å²) in [5.74, 6) is 0.663. The van der Waals surface area contributed by atoms with Gasteiger partial charge in [-0.15, -0.1) is 0 Å². The highest BCUT2D eigenvalue weighted by molar-refractivity contribution is 7.91. The summed E-state index contributed by atoms with van der Waals surface area (Å²) < 4.78 is 29.8. The van der Waals surface area contributed by atoms with Crippen LogP contribution in [0.4, 0.5) is 10.1 Å². The molecule has 5 nitrogen and oxygen atoms in total. The molecule has 0 fully saturated rings. The number of nitrogens with one attached hydrogen (secondary N) is 1. The van der Waals surface area contributed by atoms with Crippen molar-refractivity contribution in [2.45, 2.75) is 18.2 Å². The molecule has 1 amide bonds. The molecule has 0 heterocycles. The number of halogens is 1. The summed E-state index contributed by atoms with van der Waals surface area (Å²) in [6.07, 6.45) is 0.157. The van der Waals surface area contributed by atoms with E-state index in [0.717, 1.165) is 10.5 Å². The van der Waals surface area contributed by atoms with E-state index in [1.807, 2.05) is 43.3 Å². The molecule has 0 aromatic heterocycles. The third-order valence-electron chi connectivity index (χ3n) is 5.46. The van der Waals surface area contributed by atoms with Crippen LogP contribution < -0.4 is 10.1 Å². The van der Waals surface area contributed by atoms with Crippen LogP contribution in [0.2, 0.25) is 0 Å². The van der Waals surface area contributed by atoms with Crippen LogP contribution in [0.1, 0.15) is 18.1 Å². The Kier molecular flexibility index (Phi) is 8.01. The van der Waals surface area contributed by atoms with E-state index in [-0.39, 0.29) is 12.3 Å². The van der Waals surface area contributed by atoms with Crippen molar-refractivity contribution in [3.63, 3.8) is 0 Å². The van der Waals surface area contributed by atoms with E-state index >= 15 is 0 Å². The summed E-state index contributed by atoms with van der Waals surface area (Å²) in [4.78, 5) is 13.6. The van der Waals surface area contributed by atoms with Crippen molar-refractivity contribution >= 4 is 22.8 Å².